The monoisotopic (exact) mass is 351 g/mol. The summed E-state index contributed by atoms with van der Waals surface area (Å²) in [5, 5.41) is 13.9. The highest BCUT2D eigenvalue weighted by Crippen LogP contribution is 2.13. The summed E-state index contributed by atoms with van der Waals surface area (Å²) in [4.78, 5) is 35.4. The van der Waals surface area contributed by atoms with Gasteiger partial charge in [-0.3, -0.25) is 14.4 Å². The molecule has 0 aliphatic carbocycles. The highest BCUT2D eigenvalue weighted by Gasteiger charge is 2.12. The lowest BCUT2D eigenvalue weighted by molar-refractivity contribution is -0.146. The van der Waals surface area contributed by atoms with Crippen LogP contribution in [0.3, 0.4) is 0 Å². The minimum Gasteiger partial charge on any atom is -0.454 e. The Morgan fingerprint density at radius 1 is 1.12 bits per heavy atom. The van der Waals surface area contributed by atoms with Gasteiger partial charge in [0.2, 0.25) is 0 Å². The molecule has 0 fully saturated rings. The molecule has 2 aromatic carbocycles. The van der Waals surface area contributed by atoms with Crippen LogP contribution in [0.4, 0.5) is 5.69 Å². The Morgan fingerprint density at radius 2 is 1.88 bits per heavy atom. The fourth-order valence-electron chi connectivity index (χ4n) is 2.11. The molecular weight excluding hydrogens is 334 g/mol. The predicted molar refractivity (Wildman–Crippen MR) is 94.3 cm³/mol. The lowest BCUT2D eigenvalue weighted by atomic mass is 10.1. The van der Waals surface area contributed by atoms with Crippen LogP contribution in [0.15, 0.2) is 48.5 Å². The summed E-state index contributed by atoms with van der Waals surface area (Å²) in [6.45, 7) is 0.988. The molecular formula is C19H17N3O4. The van der Waals surface area contributed by atoms with E-state index in [1.54, 1.807) is 42.5 Å². The zero-order chi connectivity index (χ0) is 18.9. The van der Waals surface area contributed by atoms with Gasteiger partial charge in [0.15, 0.2) is 6.61 Å². The van der Waals surface area contributed by atoms with Crippen molar-refractivity contribution in [3.63, 3.8) is 0 Å². The van der Waals surface area contributed by atoms with Gasteiger partial charge in [0.1, 0.15) is 12.6 Å². The van der Waals surface area contributed by atoms with Gasteiger partial charge >= 0.3 is 5.97 Å². The normalized spacial score (nSPS) is 9.69. The van der Waals surface area contributed by atoms with E-state index in [0.29, 0.717) is 16.8 Å². The third-order valence-corrected chi connectivity index (χ3v) is 3.36. The van der Waals surface area contributed by atoms with Crippen LogP contribution < -0.4 is 10.6 Å². The minimum absolute atomic E-state index is 0.303. The molecule has 7 heteroatoms. The standard InChI is InChI=1S/C19H17N3O4/c1-13-5-4-7-14(9-13)19(25)21-11-18(24)26-12-17(23)22-16-8-3-2-6-15(16)10-20/h2-9H,11-12H2,1H3,(H,21,25)(H,22,23). The highest BCUT2D eigenvalue weighted by atomic mass is 16.5. The first kappa shape index (κ1) is 18.7. The predicted octanol–water partition coefficient (Wildman–Crippen LogP) is 1.78. The number of ether oxygens (including phenoxy) is 1. The Balaban J connectivity index is 1.77. The van der Waals surface area contributed by atoms with Gasteiger partial charge in [-0.05, 0) is 31.2 Å². The molecule has 2 rings (SSSR count). The molecule has 2 amide bonds. The Hall–Kier alpha value is -3.66. The molecule has 0 saturated heterocycles. The Bertz CT molecular complexity index is 871. The molecule has 0 atom stereocenters. The Kier molecular flexibility index (Phi) is 6.46. The maximum Gasteiger partial charge on any atom is 0.325 e. The molecule has 0 aliphatic heterocycles. The number of nitrogens with zero attached hydrogens (tertiary/aromatic N) is 1. The average molecular weight is 351 g/mol. The number of esters is 1. The first-order valence-electron chi connectivity index (χ1n) is 7.79. The molecule has 7 nitrogen and oxygen atoms in total. The van der Waals surface area contributed by atoms with E-state index in [0.717, 1.165) is 5.56 Å². The van der Waals surface area contributed by atoms with Crippen molar-refractivity contribution in [2.75, 3.05) is 18.5 Å². The second kappa shape index (κ2) is 8.99. The van der Waals surface area contributed by atoms with E-state index in [-0.39, 0.29) is 6.54 Å². The molecule has 26 heavy (non-hydrogen) atoms. The van der Waals surface area contributed by atoms with E-state index in [9.17, 15) is 14.4 Å². The molecule has 0 unspecified atom stereocenters. The minimum atomic E-state index is -0.741. The number of para-hydroxylation sites is 1. The SMILES string of the molecule is Cc1cccc(C(=O)NCC(=O)OCC(=O)Nc2ccccc2C#N)c1. The van der Waals surface area contributed by atoms with E-state index in [2.05, 4.69) is 10.6 Å². The zero-order valence-electron chi connectivity index (χ0n) is 14.1. The van der Waals surface area contributed by atoms with Crippen LogP contribution >= 0.6 is 0 Å². The molecule has 0 radical (unpaired) electrons. The van der Waals surface area contributed by atoms with E-state index < -0.39 is 24.4 Å². The number of nitrogens with one attached hydrogen (secondary N) is 2. The summed E-state index contributed by atoms with van der Waals surface area (Å²) < 4.78 is 4.81. The van der Waals surface area contributed by atoms with E-state index in [4.69, 9.17) is 10.00 Å². The number of amides is 2. The van der Waals surface area contributed by atoms with Gasteiger partial charge in [0.25, 0.3) is 11.8 Å². The number of carbonyl (C=O) groups excluding carboxylic acids is 3. The third-order valence-electron chi connectivity index (χ3n) is 3.36. The molecule has 0 saturated carbocycles. The number of anilines is 1. The molecule has 0 spiro atoms. The summed E-state index contributed by atoms with van der Waals surface area (Å²) >= 11 is 0. The van der Waals surface area contributed by atoms with Crippen molar-refractivity contribution < 1.29 is 19.1 Å². The van der Waals surface area contributed by atoms with Crippen LogP contribution in [-0.4, -0.2) is 30.9 Å². The van der Waals surface area contributed by atoms with E-state index >= 15 is 0 Å². The van der Waals surface area contributed by atoms with Gasteiger partial charge in [-0.2, -0.15) is 5.26 Å². The number of nitriles is 1. The summed E-state index contributed by atoms with van der Waals surface area (Å²) in [6.07, 6.45) is 0. The lowest BCUT2D eigenvalue weighted by Crippen LogP contribution is -2.32. The van der Waals surface area contributed by atoms with E-state index in [1.807, 2.05) is 19.1 Å². The van der Waals surface area contributed by atoms with Gasteiger partial charge in [-0.15, -0.1) is 0 Å². The lowest BCUT2D eigenvalue weighted by Gasteiger charge is -2.08. The molecule has 132 valence electrons. The summed E-state index contributed by atoms with van der Waals surface area (Å²) in [5.74, 6) is -1.72. The summed E-state index contributed by atoms with van der Waals surface area (Å²) in [6, 6.07) is 15.3. The van der Waals surface area contributed by atoms with Crippen molar-refractivity contribution in [3.8, 4) is 6.07 Å². The molecule has 0 bridgehead atoms. The summed E-state index contributed by atoms with van der Waals surface area (Å²) in [7, 11) is 0. The van der Waals surface area contributed by atoms with Gasteiger partial charge in [0.05, 0.1) is 11.3 Å². The topological polar surface area (TPSA) is 108 Å². The highest BCUT2D eigenvalue weighted by molar-refractivity contribution is 5.97. The zero-order valence-corrected chi connectivity index (χ0v) is 14.1. The number of hydrogen-bond acceptors (Lipinski definition) is 5. The van der Waals surface area contributed by atoms with Gasteiger partial charge in [-0.25, -0.2) is 0 Å². The first-order chi connectivity index (χ1) is 12.5. The maximum absolute atomic E-state index is 11.9. The first-order valence-corrected chi connectivity index (χ1v) is 7.79. The third kappa shape index (κ3) is 5.46. The second-order valence-electron chi connectivity index (χ2n) is 5.42. The molecule has 0 aromatic heterocycles. The van der Waals surface area contributed by atoms with Crippen LogP contribution in [0.2, 0.25) is 0 Å². The fraction of sp³-hybridized carbons (Fsp3) is 0.158. The molecule has 2 N–H and O–H groups in total. The number of hydrogen-bond donors (Lipinski definition) is 2. The van der Waals surface area contributed by atoms with Crippen LogP contribution in [0.5, 0.6) is 0 Å². The maximum atomic E-state index is 11.9. The Labute approximate surface area is 150 Å². The summed E-state index contributed by atoms with van der Waals surface area (Å²) in [5.41, 5.74) is 2.00. The second-order valence-corrected chi connectivity index (χ2v) is 5.42. The van der Waals surface area contributed by atoms with Crippen LogP contribution in [0.1, 0.15) is 21.5 Å². The van der Waals surface area contributed by atoms with Crippen molar-refractivity contribution in [2.45, 2.75) is 6.92 Å². The van der Waals surface area contributed by atoms with Gasteiger partial charge in [0, 0.05) is 5.56 Å². The number of carbonyl (C=O) groups is 3. The molecule has 0 aliphatic rings. The smallest absolute Gasteiger partial charge is 0.325 e. The van der Waals surface area contributed by atoms with Crippen molar-refractivity contribution >= 4 is 23.5 Å². The number of rotatable bonds is 6. The van der Waals surface area contributed by atoms with Gasteiger partial charge in [-0.1, -0.05) is 29.8 Å². The van der Waals surface area contributed by atoms with E-state index in [1.165, 1.54) is 0 Å². The largest absolute Gasteiger partial charge is 0.454 e. The molecule has 0 heterocycles. The van der Waals surface area contributed by atoms with Crippen molar-refractivity contribution in [1.82, 2.24) is 5.32 Å². The van der Waals surface area contributed by atoms with Crippen LogP contribution in [0.25, 0.3) is 0 Å². The quantitative estimate of drug-likeness (QED) is 0.771. The van der Waals surface area contributed by atoms with Crippen LogP contribution in [-0.2, 0) is 14.3 Å². The Morgan fingerprint density at radius 3 is 2.62 bits per heavy atom. The molecule has 2 aromatic rings. The number of benzene rings is 2. The van der Waals surface area contributed by atoms with Crippen molar-refractivity contribution in [2.24, 2.45) is 0 Å². The van der Waals surface area contributed by atoms with Crippen LogP contribution in [0, 0.1) is 18.3 Å². The number of aryl methyl sites for hydroxylation is 1. The fourth-order valence-corrected chi connectivity index (χ4v) is 2.11. The van der Waals surface area contributed by atoms with Gasteiger partial charge < -0.3 is 15.4 Å². The van der Waals surface area contributed by atoms with Crippen molar-refractivity contribution in [3.05, 3.63) is 65.2 Å². The van der Waals surface area contributed by atoms with Crippen molar-refractivity contribution in [1.29, 1.82) is 5.26 Å². The average Bonchev–Trinajstić information content (AvgIpc) is 2.64.